The first-order chi connectivity index (χ1) is 4.57. The van der Waals surface area contributed by atoms with Gasteiger partial charge in [0.2, 0.25) is 5.91 Å². The largest absolute Gasteiger partial charge is 0.391 e. The molecule has 0 aromatic carbocycles. The fourth-order valence-electron chi connectivity index (χ4n) is 0.825. The van der Waals surface area contributed by atoms with Crippen LogP contribution < -0.4 is 5.32 Å². The molecule has 0 aromatic rings. The molecule has 0 aliphatic carbocycles. The summed E-state index contributed by atoms with van der Waals surface area (Å²) >= 11 is 0. The molecule has 0 saturated carbocycles. The van der Waals surface area contributed by atoms with Crippen molar-refractivity contribution in [1.82, 2.24) is 5.32 Å². The van der Waals surface area contributed by atoms with Crippen molar-refractivity contribution in [3.05, 3.63) is 0 Å². The van der Waals surface area contributed by atoms with E-state index in [1.165, 1.54) is 6.92 Å². The smallest absolute Gasteiger partial charge is 0.217 e. The minimum atomic E-state index is -0.464. The van der Waals surface area contributed by atoms with Crippen LogP contribution >= 0.6 is 0 Å². The fraction of sp³-hybridized carbons (Fsp3) is 0.857. The molecule has 0 aliphatic heterocycles. The lowest BCUT2D eigenvalue weighted by molar-refractivity contribution is -0.120. The van der Waals surface area contributed by atoms with Crippen molar-refractivity contribution in [3.63, 3.8) is 0 Å². The Bertz CT molecular complexity index is 112. The third-order valence-electron chi connectivity index (χ3n) is 1.41. The summed E-state index contributed by atoms with van der Waals surface area (Å²) < 4.78 is 0. The van der Waals surface area contributed by atoms with E-state index in [-0.39, 0.29) is 11.9 Å². The lowest BCUT2D eigenvalue weighted by Gasteiger charge is -2.18. The van der Waals surface area contributed by atoms with Crippen molar-refractivity contribution in [3.8, 4) is 0 Å². The molecule has 3 nitrogen and oxygen atoms in total. The molecule has 10 heavy (non-hydrogen) atoms. The zero-order valence-electron chi connectivity index (χ0n) is 6.72. The molecule has 60 valence electrons. The van der Waals surface area contributed by atoms with Gasteiger partial charge in [-0.3, -0.25) is 4.79 Å². The van der Waals surface area contributed by atoms with E-state index in [0.717, 1.165) is 6.42 Å². The van der Waals surface area contributed by atoms with Gasteiger partial charge in [-0.05, 0) is 13.3 Å². The fourth-order valence-corrected chi connectivity index (χ4v) is 0.825. The molecule has 0 aromatic heterocycles. The van der Waals surface area contributed by atoms with Gasteiger partial charge < -0.3 is 10.4 Å². The van der Waals surface area contributed by atoms with Gasteiger partial charge in [0.15, 0.2) is 0 Å². The Hall–Kier alpha value is -0.570. The topological polar surface area (TPSA) is 49.3 Å². The molecular weight excluding hydrogens is 130 g/mol. The van der Waals surface area contributed by atoms with Crippen molar-refractivity contribution < 1.29 is 9.90 Å². The second-order valence-electron chi connectivity index (χ2n) is 2.46. The van der Waals surface area contributed by atoms with Crippen LogP contribution in [0.3, 0.4) is 0 Å². The summed E-state index contributed by atoms with van der Waals surface area (Å²) in [5.74, 6) is -0.0900. The quantitative estimate of drug-likeness (QED) is 0.599. The Kier molecular flexibility index (Phi) is 4.03. The minimum Gasteiger partial charge on any atom is -0.391 e. The molecule has 0 unspecified atom stereocenters. The normalized spacial score (nSPS) is 16.0. The third-order valence-corrected chi connectivity index (χ3v) is 1.41. The highest BCUT2D eigenvalue weighted by Crippen LogP contribution is 1.96. The molecule has 2 atom stereocenters. The summed E-state index contributed by atoms with van der Waals surface area (Å²) in [6, 6.07) is -0.0995. The number of rotatable bonds is 3. The predicted molar refractivity (Wildman–Crippen MR) is 39.6 cm³/mol. The molecule has 1 amide bonds. The van der Waals surface area contributed by atoms with E-state index < -0.39 is 6.10 Å². The van der Waals surface area contributed by atoms with Crippen molar-refractivity contribution >= 4 is 5.91 Å². The molecule has 0 heterocycles. The SMILES string of the molecule is CC[C@H](NC(C)=O)[C@H](C)O. The first-order valence-electron chi connectivity index (χ1n) is 3.53. The maximum Gasteiger partial charge on any atom is 0.217 e. The van der Waals surface area contributed by atoms with Crippen LogP contribution in [0.5, 0.6) is 0 Å². The lowest BCUT2D eigenvalue weighted by atomic mass is 10.1. The number of aliphatic hydroxyl groups excluding tert-OH is 1. The molecule has 3 heteroatoms. The maximum atomic E-state index is 10.5. The molecule has 0 radical (unpaired) electrons. The van der Waals surface area contributed by atoms with Crippen LogP contribution in [0.1, 0.15) is 27.2 Å². The first kappa shape index (κ1) is 9.43. The van der Waals surface area contributed by atoms with Crippen LogP contribution in [0.25, 0.3) is 0 Å². The van der Waals surface area contributed by atoms with Gasteiger partial charge in [0.25, 0.3) is 0 Å². The van der Waals surface area contributed by atoms with Gasteiger partial charge in [0, 0.05) is 6.92 Å². The Balaban J connectivity index is 3.71. The van der Waals surface area contributed by atoms with E-state index in [4.69, 9.17) is 5.11 Å². The Morgan fingerprint density at radius 2 is 2.20 bits per heavy atom. The molecule has 0 saturated heterocycles. The number of amides is 1. The van der Waals surface area contributed by atoms with Gasteiger partial charge in [-0.2, -0.15) is 0 Å². The van der Waals surface area contributed by atoms with E-state index in [1.54, 1.807) is 6.92 Å². The molecule has 0 bridgehead atoms. The molecule has 0 rings (SSSR count). The van der Waals surface area contributed by atoms with E-state index in [2.05, 4.69) is 5.32 Å². The highest BCUT2D eigenvalue weighted by Gasteiger charge is 2.12. The van der Waals surface area contributed by atoms with Crippen LogP contribution in [-0.2, 0) is 4.79 Å². The number of aliphatic hydroxyl groups is 1. The second kappa shape index (κ2) is 4.28. The van der Waals surface area contributed by atoms with Gasteiger partial charge in [-0.15, -0.1) is 0 Å². The van der Waals surface area contributed by atoms with Crippen molar-refractivity contribution in [2.75, 3.05) is 0 Å². The van der Waals surface area contributed by atoms with Gasteiger partial charge in [0.1, 0.15) is 0 Å². The number of hydrogen-bond donors (Lipinski definition) is 2. The van der Waals surface area contributed by atoms with E-state index >= 15 is 0 Å². The standard InChI is InChI=1S/C7H15NO2/c1-4-7(5(2)9)8-6(3)10/h5,7,9H,4H2,1-3H3,(H,8,10)/t5-,7-/m0/s1. The highest BCUT2D eigenvalue weighted by molar-refractivity contribution is 5.73. The van der Waals surface area contributed by atoms with Crippen molar-refractivity contribution in [1.29, 1.82) is 0 Å². The predicted octanol–water partition coefficient (Wildman–Crippen LogP) is 0.282. The third kappa shape index (κ3) is 3.45. The van der Waals surface area contributed by atoms with E-state index in [0.29, 0.717) is 0 Å². The summed E-state index contributed by atoms with van der Waals surface area (Å²) in [4.78, 5) is 10.5. The Morgan fingerprint density at radius 3 is 2.30 bits per heavy atom. The Labute approximate surface area is 61.4 Å². The molecular formula is C7H15NO2. The number of hydrogen-bond acceptors (Lipinski definition) is 2. The second-order valence-corrected chi connectivity index (χ2v) is 2.46. The zero-order chi connectivity index (χ0) is 8.15. The molecule has 0 fully saturated rings. The summed E-state index contributed by atoms with van der Waals surface area (Å²) in [5.41, 5.74) is 0. The zero-order valence-corrected chi connectivity index (χ0v) is 6.72. The van der Waals surface area contributed by atoms with Crippen molar-refractivity contribution in [2.45, 2.75) is 39.3 Å². The van der Waals surface area contributed by atoms with Gasteiger partial charge in [0.05, 0.1) is 12.1 Å². The molecule has 0 aliphatic rings. The number of nitrogens with one attached hydrogen (secondary N) is 1. The maximum absolute atomic E-state index is 10.5. The van der Waals surface area contributed by atoms with Gasteiger partial charge in [-0.1, -0.05) is 6.92 Å². The minimum absolute atomic E-state index is 0.0900. The number of carbonyl (C=O) groups is 1. The number of carbonyl (C=O) groups excluding carboxylic acids is 1. The summed E-state index contributed by atoms with van der Waals surface area (Å²) in [6.45, 7) is 5.04. The van der Waals surface area contributed by atoms with Crippen LogP contribution in [0.15, 0.2) is 0 Å². The van der Waals surface area contributed by atoms with Crippen molar-refractivity contribution in [2.24, 2.45) is 0 Å². The Morgan fingerprint density at radius 1 is 1.70 bits per heavy atom. The molecule has 0 spiro atoms. The van der Waals surface area contributed by atoms with E-state index in [9.17, 15) is 4.79 Å². The van der Waals surface area contributed by atoms with E-state index in [1.807, 2.05) is 6.92 Å². The van der Waals surface area contributed by atoms with Gasteiger partial charge in [-0.25, -0.2) is 0 Å². The van der Waals surface area contributed by atoms with Crippen LogP contribution in [0.4, 0.5) is 0 Å². The summed E-state index contributed by atoms with van der Waals surface area (Å²) in [6.07, 6.45) is 0.297. The lowest BCUT2D eigenvalue weighted by Crippen LogP contribution is -2.40. The van der Waals surface area contributed by atoms with Crippen LogP contribution in [0, 0.1) is 0 Å². The first-order valence-corrected chi connectivity index (χ1v) is 3.53. The average Bonchev–Trinajstić information content (AvgIpc) is 1.81. The average molecular weight is 145 g/mol. The summed E-state index contributed by atoms with van der Waals surface area (Å²) in [5, 5.41) is 11.7. The highest BCUT2D eigenvalue weighted by atomic mass is 16.3. The molecule has 2 N–H and O–H groups in total. The van der Waals surface area contributed by atoms with Crippen LogP contribution in [0.2, 0.25) is 0 Å². The van der Waals surface area contributed by atoms with Gasteiger partial charge >= 0.3 is 0 Å². The van der Waals surface area contributed by atoms with Crippen LogP contribution in [-0.4, -0.2) is 23.2 Å². The summed E-state index contributed by atoms with van der Waals surface area (Å²) in [7, 11) is 0. The monoisotopic (exact) mass is 145 g/mol.